The Morgan fingerprint density at radius 2 is 2.12 bits per heavy atom. The number of rotatable bonds is 4. The van der Waals surface area contributed by atoms with Crippen LogP contribution < -0.4 is 10.1 Å². The summed E-state index contributed by atoms with van der Waals surface area (Å²) in [4.78, 5) is 0. The number of hydrogen-bond donors (Lipinski definition) is 2. The fourth-order valence-electron chi connectivity index (χ4n) is 2.28. The number of phenols is 1. The molecule has 0 spiro atoms. The maximum absolute atomic E-state index is 9.62. The molecule has 1 aliphatic carbocycles. The zero-order valence-electron chi connectivity index (χ0n) is 9.70. The second-order valence-corrected chi connectivity index (χ2v) is 4.42. The molecular formula is C13H19NO2. The van der Waals surface area contributed by atoms with Gasteiger partial charge in [0.25, 0.3) is 0 Å². The van der Waals surface area contributed by atoms with Gasteiger partial charge in [-0.1, -0.05) is 12.8 Å². The Bertz CT molecular complexity index is 346. The topological polar surface area (TPSA) is 41.5 Å². The van der Waals surface area contributed by atoms with Gasteiger partial charge in [-0.15, -0.1) is 0 Å². The zero-order valence-corrected chi connectivity index (χ0v) is 9.70. The van der Waals surface area contributed by atoms with E-state index in [1.54, 1.807) is 19.2 Å². The van der Waals surface area contributed by atoms with Gasteiger partial charge in [0.15, 0.2) is 11.5 Å². The molecule has 16 heavy (non-hydrogen) atoms. The predicted molar refractivity (Wildman–Crippen MR) is 65.1 cm³/mol. The lowest BCUT2D eigenvalue weighted by Crippen LogP contribution is -2.10. The van der Waals surface area contributed by atoms with Crippen LogP contribution in [0.4, 0.5) is 5.69 Å². The summed E-state index contributed by atoms with van der Waals surface area (Å²) in [6, 6.07) is 5.44. The van der Waals surface area contributed by atoms with Crippen molar-refractivity contribution in [1.29, 1.82) is 0 Å². The molecule has 1 aromatic carbocycles. The first-order chi connectivity index (χ1) is 7.79. The predicted octanol–water partition coefficient (Wildman–Crippen LogP) is 3.00. The van der Waals surface area contributed by atoms with E-state index in [1.807, 2.05) is 6.07 Å². The van der Waals surface area contributed by atoms with Gasteiger partial charge in [-0.2, -0.15) is 0 Å². The van der Waals surface area contributed by atoms with E-state index in [0.29, 0.717) is 5.75 Å². The molecule has 0 unspecified atom stereocenters. The Kier molecular flexibility index (Phi) is 3.54. The normalized spacial score (nSPS) is 16.3. The van der Waals surface area contributed by atoms with Crippen LogP contribution >= 0.6 is 0 Å². The summed E-state index contributed by atoms with van der Waals surface area (Å²) in [7, 11) is 1.56. The van der Waals surface area contributed by atoms with Crippen molar-refractivity contribution in [2.24, 2.45) is 5.92 Å². The summed E-state index contributed by atoms with van der Waals surface area (Å²) >= 11 is 0. The number of hydrogen-bond acceptors (Lipinski definition) is 3. The SMILES string of the molecule is COc1ccc(NCC2CCCC2)cc1O. The van der Waals surface area contributed by atoms with Crippen molar-refractivity contribution >= 4 is 5.69 Å². The monoisotopic (exact) mass is 221 g/mol. The first-order valence-electron chi connectivity index (χ1n) is 5.90. The fraction of sp³-hybridized carbons (Fsp3) is 0.538. The lowest BCUT2D eigenvalue weighted by atomic mass is 10.1. The van der Waals surface area contributed by atoms with Gasteiger partial charge in [0.2, 0.25) is 0 Å². The van der Waals surface area contributed by atoms with Crippen molar-refractivity contribution in [3.63, 3.8) is 0 Å². The van der Waals surface area contributed by atoms with E-state index in [-0.39, 0.29) is 5.75 Å². The third kappa shape index (κ3) is 2.60. The van der Waals surface area contributed by atoms with E-state index >= 15 is 0 Å². The summed E-state index contributed by atoms with van der Waals surface area (Å²) < 4.78 is 5.00. The first kappa shape index (κ1) is 11.1. The van der Waals surface area contributed by atoms with E-state index < -0.39 is 0 Å². The standard InChI is InChI=1S/C13H19NO2/c1-16-13-7-6-11(8-12(13)15)14-9-10-4-2-3-5-10/h6-8,10,14-15H,2-5,9H2,1H3. The van der Waals surface area contributed by atoms with Gasteiger partial charge in [-0.3, -0.25) is 0 Å². The average molecular weight is 221 g/mol. The van der Waals surface area contributed by atoms with Crippen LogP contribution in [0.1, 0.15) is 25.7 Å². The molecule has 1 saturated carbocycles. The Labute approximate surface area is 96.4 Å². The minimum Gasteiger partial charge on any atom is -0.504 e. The number of methoxy groups -OCH3 is 1. The number of ether oxygens (including phenoxy) is 1. The third-order valence-corrected chi connectivity index (χ3v) is 3.25. The first-order valence-corrected chi connectivity index (χ1v) is 5.90. The van der Waals surface area contributed by atoms with Crippen molar-refractivity contribution in [2.75, 3.05) is 19.0 Å². The van der Waals surface area contributed by atoms with Crippen LogP contribution in [-0.2, 0) is 0 Å². The summed E-state index contributed by atoms with van der Waals surface area (Å²) in [5.41, 5.74) is 0.963. The molecule has 0 radical (unpaired) electrons. The van der Waals surface area contributed by atoms with Crippen molar-refractivity contribution in [3.05, 3.63) is 18.2 Å². The molecule has 0 bridgehead atoms. The maximum atomic E-state index is 9.62. The molecule has 0 amide bonds. The van der Waals surface area contributed by atoms with E-state index in [4.69, 9.17) is 4.74 Å². The van der Waals surface area contributed by atoms with Gasteiger partial charge in [0, 0.05) is 18.3 Å². The number of phenolic OH excluding ortho intramolecular Hbond substituents is 1. The largest absolute Gasteiger partial charge is 0.504 e. The van der Waals surface area contributed by atoms with Crippen LogP contribution in [0.25, 0.3) is 0 Å². The fourth-order valence-corrected chi connectivity index (χ4v) is 2.28. The van der Waals surface area contributed by atoms with Crippen molar-refractivity contribution in [2.45, 2.75) is 25.7 Å². The lowest BCUT2D eigenvalue weighted by Gasteiger charge is -2.12. The highest BCUT2D eigenvalue weighted by molar-refractivity contribution is 5.54. The highest BCUT2D eigenvalue weighted by atomic mass is 16.5. The van der Waals surface area contributed by atoms with Crippen molar-refractivity contribution < 1.29 is 9.84 Å². The van der Waals surface area contributed by atoms with Crippen LogP contribution in [0.5, 0.6) is 11.5 Å². The van der Waals surface area contributed by atoms with Crippen LogP contribution in [0, 0.1) is 5.92 Å². The highest BCUT2D eigenvalue weighted by Gasteiger charge is 2.14. The molecule has 0 saturated heterocycles. The quantitative estimate of drug-likeness (QED) is 0.821. The summed E-state index contributed by atoms with van der Waals surface area (Å²) in [5.74, 6) is 1.51. The zero-order chi connectivity index (χ0) is 11.4. The van der Waals surface area contributed by atoms with Crippen LogP contribution in [-0.4, -0.2) is 18.8 Å². The Hall–Kier alpha value is -1.38. The molecular weight excluding hydrogens is 202 g/mol. The van der Waals surface area contributed by atoms with Crippen LogP contribution in [0.2, 0.25) is 0 Å². The van der Waals surface area contributed by atoms with Crippen molar-refractivity contribution in [1.82, 2.24) is 0 Å². The molecule has 88 valence electrons. The van der Waals surface area contributed by atoms with Crippen LogP contribution in [0.15, 0.2) is 18.2 Å². The van der Waals surface area contributed by atoms with Gasteiger partial charge in [-0.05, 0) is 30.9 Å². The molecule has 2 N–H and O–H groups in total. The smallest absolute Gasteiger partial charge is 0.160 e. The van der Waals surface area contributed by atoms with Crippen LogP contribution in [0.3, 0.4) is 0 Å². The van der Waals surface area contributed by atoms with Gasteiger partial charge in [-0.25, -0.2) is 0 Å². The van der Waals surface area contributed by atoms with E-state index in [2.05, 4.69) is 5.32 Å². The summed E-state index contributed by atoms with van der Waals surface area (Å²) in [6.07, 6.45) is 5.38. The Balaban J connectivity index is 1.91. The number of anilines is 1. The van der Waals surface area contributed by atoms with Gasteiger partial charge >= 0.3 is 0 Å². The summed E-state index contributed by atoms with van der Waals surface area (Å²) in [6.45, 7) is 1.01. The lowest BCUT2D eigenvalue weighted by molar-refractivity contribution is 0.373. The Morgan fingerprint density at radius 3 is 2.75 bits per heavy atom. The second kappa shape index (κ2) is 5.10. The molecule has 3 nitrogen and oxygen atoms in total. The number of benzene rings is 1. The van der Waals surface area contributed by atoms with Gasteiger partial charge in [0.05, 0.1) is 7.11 Å². The van der Waals surface area contributed by atoms with E-state index in [1.165, 1.54) is 25.7 Å². The van der Waals surface area contributed by atoms with E-state index in [0.717, 1.165) is 18.2 Å². The third-order valence-electron chi connectivity index (χ3n) is 3.25. The molecule has 0 aliphatic heterocycles. The van der Waals surface area contributed by atoms with Crippen molar-refractivity contribution in [3.8, 4) is 11.5 Å². The van der Waals surface area contributed by atoms with E-state index in [9.17, 15) is 5.11 Å². The van der Waals surface area contributed by atoms with Gasteiger partial charge in [0.1, 0.15) is 0 Å². The molecule has 0 atom stereocenters. The summed E-state index contributed by atoms with van der Waals surface area (Å²) in [5, 5.41) is 13.0. The second-order valence-electron chi connectivity index (χ2n) is 4.42. The molecule has 2 rings (SSSR count). The minimum atomic E-state index is 0.193. The molecule has 0 heterocycles. The maximum Gasteiger partial charge on any atom is 0.160 e. The molecule has 1 aromatic rings. The molecule has 0 aromatic heterocycles. The Morgan fingerprint density at radius 1 is 1.38 bits per heavy atom. The molecule has 1 aliphatic rings. The average Bonchev–Trinajstić information content (AvgIpc) is 2.79. The number of aromatic hydroxyl groups is 1. The molecule has 1 fully saturated rings. The number of nitrogens with one attached hydrogen (secondary N) is 1. The highest BCUT2D eigenvalue weighted by Crippen LogP contribution is 2.29. The molecule has 3 heteroatoms. The minimum absolute atomic E-state index is 0.193. The van der Waals surface area contributed by atoms with Gasteiger partial charge < -0.3 is 15.2 Å².